The van der Waals surface area contributed by atoms with Gasteiger partial charge in [-0.3, -0.25) is 4.79 Å². The van der Waals surface area contributed by atoms with Crippen LogP contribution in [0.2, 0.25) is 0 Å². The van der Waals surface area contributed by atoms with Crippen LogP contribution < -0.4 is 0 Å². The molecule has 0 atom stereocenters. The van der Waals surface area contributed by atoms with Gasteiger partial charge in [-0.1, -0.05) is 32.9 Å². The second-order valence-corrected chi connectivity index (χ2v) is 5.29. The fourth-order valence-corrected chi connectivity index (χ4v) is 2.19. The Hall–Kier alpha value is -1.51. The number of carbonyl (C=O) groups is 1. The normalized spacial score (nSPS) is 10.8. The van der Waals surface area contributed by atoms with Crippen molar-refractivity contribution in [2.45, 2.75) is 46.5 Å². The minimum Gasteiger partial charge on any atom is -0.507 e. The molecule has 0 saturated carbocycles. The first kappa shape index (κ1) is 15.5. The summed E-state index contributed by atoms with van der Waals surface area (Å²) in [4.78, 5) is 11.2. The summed E-state index contributed by atoms with van der Waals surface area (Å²) >= 11 is 0. The number of esters is 1. The summed E-state index contributed by atoms with van der Waals surface area (Å²) < 4.78 is 4.66. The zero-order chi connectivity index (χ0) is 14.4. The van der Waals surface area contributed by atoms with Crippen molar-refractivity contribution in [3.63, 3.8) is 0 Å². The predicted molar refractivity (Wildman–Crippen MR) is 76.4 cm³/mol. The number of rotatable bonds is 6. The van der Waals surface area contributed by atoms with E-state index in [1.165, 1.54) is 7.11 Å². The van der Waals surface area contributed by atoms with E-state index < -0.39 is 0 Å². The SMILES string of the molecule is CCc1cc(CCC(=O)OC)cc(CC(C)C)c1O. The van der Waals surface area contributed by atoms with E-state index in [-0.39, 0.29) is 5.97 Å². The van der Waals surface area contributed by atoms with Gasteiger partial charge in [0, 0.05) is 6.42 Å². The number of hydrogen-bond acceptors (Lipinski definition) is 3. The average Bonchev–Trinajstić information content (AvgIpc) is 2.38. The van der Waals surface area contributed by atoms with E-state index in [4.69, 9.17) is 0 Å². The maximum Gasteiger partial charge on any atom is 0.305 e. The predicted octanol–water partition coefficient (Wildman–Crippen LogP) is 3.26. The lowest BCUT2D eigenvalue weighted by molar-refractivity contribution is -0.140. The zero-order valence-electron chi connectivity index (χ0n) is 12.3. The van der Waals surface area contributed by atoms with Crippen LogP contribution in [0, 0.1) is 5.92 Å². The van der Waals surface area contributed by atoms with Gasteiger partial charge in [0.25, 0.3) is 0 Å². The third-order valence-corrected chi connectivity index (χ3v) is 3.18. The molecule has 0 bridgehead atoms. The number of benzene rings is 1. The van der Waals surface area contributed by atoms with Gasteiger partial charge in [0.1, 0.15) is 5.75 Å². The fourth-order valence-electron chi connectivity index (χ4n) is 2.19. The van der Waals surface area contributed by atoms with Crippen molar-refractivity contribution in [1.29, 1.82) is 0 Å². The molecule has 1 aromatic carbocycles. The molecule has 0 saturated heterocycles. The number of ether oxygens (including phenoxy) is 1. The highest BCUT2D eigenvalue weighted by Gasteiger charge is 2.11. The van der Waals surface area contributed by atoms with Crippen molar-refractivity contribution in [2.75, 3.05) is 7.11 Å². The standard InChI is InChI=1S/C16H24O3/c1-5-13-9-12(6-7-15(17)19-4)10-14(16(13)18)8-11(2)3/h9-11,18H,5-8H2,1-4H3. The van der Waals surface area contributed by atoms with Gasteiger partial charge in [0.15, 0.2) is 0 Å². The summed E-state index contributed by atoms with van der Waals surface area (Å²) in [5.74, 6) is 0.709. The molecule has 0 amide bonds. The van der Waals surface area contributed by atoms with Crippen LogP contribution in [0.3, 0.4) is 0 Å². The van der Waals surface area contributed by atoms with Crippen molar-refractivity contribution in [1.82, 2.24) is 0 Å². The first-order valence-corrected chi connectivity index (χ1v) is 6.88. The van der Waals surface area contributed by atoms with Crippen molar-refractivity contribution in [3.8, 4) is 5.75 Å². The highest BCUT2D eigenvalue weighted by molar-refractivity contribution is 5.69. The second kappa shape index (κ2) is 7.17. The van der Waals surface area contributed by atoms with Gasteiger partial charge in [-0.05, 0) is 41.9 Å². The number of aromatic hydroxyl groups is 1. The monoisotopic (exact) mass is 264 g/mol. The Kier molecular flexibility index (Phi) is 5.87. The van der Waals surface area contributed by atoms with Gasteiger partial charge in [0.2, 0.25) is 0 Å². The Morgan fingerprint density at radius 3 is 2.47 bits per heavy atom. The Balaban J connectivity index is 2.95. The number of phenolic OH excluding ortho intramolecular Hbond substituents is 1. The summed E-state index contributed by atoms with van der Waals surface area (Å²) in [7, 11) is 1.40. The van der Waals surface area contributed by atoms with E-state index in [9.17, 15) is 9.90 Å². The second-order valence-electron chi connectivity index (χ2n) is 5.29. The van der Waals surface area contributed by atoms with Crippen LogP contribution in [-0.2, 0) is 28.8 Å². The van der Waals surface area contributed by atoms with E-state index in [1.807, 2.05) is 19.1 Å². The highest BCUT2D eigenvalue weighted by atomic mass is 16.5. The van der Waals surface area contributed by atoms with Crippen LogP contribution >= 0.6 is 0 Å². The number of phenols is 1. The minimum atomic E-state index is -0.198. The molecule has 0 aliphatic heterocycles. The van der Waals surface area contributed by atoms with Crippen molar-refractivity contribution < 1.29 is 14.6 Å². The maximum absolute atomic E-state index is 11.2. The Morgan fingerprint density at radius 1 is 1.32 bits per heavy atom. The van der Waals surface area contributed by atoms with E-state index in [1.54, 1.807) is 0 Å². The Labute approximate surface area is 115 Å². The van der Waals surface area contributed by atoms with E-state index in [0.29, 0.717) is 24.5 Å². The van der Waals surface area contributed by atoms with Gasteiger partial charge in [-0.25, -0.2) is 0 Å². The third kappa shape index (κ3) is 4.58. The molecule has 0 radical (unpaired) electrons. The lowest BCUT2D eigenvalue weighted by Crippen LogP contribution is -2.04. The van der Waals surface area contributed by atoms with Crippen molar-refractivity contribution >= 4 is 5.97 Å². The lowest BCUT2D eigenvalue weighted by atomic mass is 9.94. The van der Waals surface area contributed by atoms with Crippen LogP contribution in [-0.4, -0.2) is 18.2 Å². The van der Waals surface area contributed by atoms with Crippen molar-refractivity contribution in [3.05, 3.63) is 28.8 Å². The molecule has 1 rings (SSSR count). The quantitative estimate of drug-likeness (QED) is 0.802. The molecule has 3 heteroatoms. The first-order chi connectivity index (χ1) is 8.97. The Morgan fingerprint density at radius 2 is 1.95 bits per heavy atom. The molecule has 1 aromatic rings. The van der Waals surface area contributed by atoms with Gasteiger partial charge in [0.05, 0.1) is 7.11 Å². The largest absolute Gasteiger partial charge is 0.507 e. The van der Waals surface area contributed by atoms with Gasteiger partial charge >= 0.3 is 5.97 Å². The first-order valence-electron chi connectivity index (χ1n) is 6.88. The van der Waals surface area contributed by atoms with Gasteiger partial charge in [-0.2, -0.15) is 0 Å². The molecule has 19 heavy (non-hydrogen) atoms. The minimum absolute atomic E-state index is 0.198. The summed E-state index contributed by atoms with van der Waals surface area (Å²) in [5.41, 5.74) is 3.03. The number of methoxy groups -OCH3 is 1. The molecule has 0 aromatic heterocycles. The molecule has 0 fully saturated rings. The van der Waals surface area contributed by atoms with E-state index in [0.717, 1.165) is 29.5 Å². The van der Waals surface area contributed by atoms with Crippen LogP contribution in [0.15, 0.2) is 12.1 Å². The highest BCUT2D eigenvalue weighted by Crippen LogP contribution is 2.28. The molecule has 1 N–H and O–H groups in total. The summed E-state index contributed by atoms with van der Waals surface area (Å²) in [5, 5.41) is 10.2. The zero-order valence-corrected chi connectivity index (χ0v) is 12.3. The molecule has 0 aliphatic carbocycles. The topological polar surface area (TPSA) is 46.5 Å². The average molecular weight is 264 g/mol. The molecule has 0 aliphatic rings. The van der Waals surface area contributed by atoms with Crippen molar-refractivity contribution in [2.24, 2.45) is 5.92 Å². The van der Waals surface area contributed by atoms with Gasteiger partial charge < -0.3 is 9.84 Å². The molecule has 0 unspecified atom stereocenters. The molecule has 3 nitrogen and oxygen atoms in total. The number of hydrogen-bond donors (Lipinski definition) is 1. The van der Waals surface area contributed by atoms with E-state index in [2.05, 4.69) is 18.6 Å². The maximum atomic E-state index is 11.2. The lowest BCUT2D eigenvalue weighted by Gasteiger charge is -2.13. The molecule has 0 spiro atoms. The smallest absolute Gasteiger partial charge is 0.305 e. The third-order valence-electron chi connectivity index (χ3n) is 3.18. The molecule has 0 heterocycles. The van der Waals surface area contributed by atoms with Gasteiger partial charge in [-0.15, -0.1) is 0 Å². The number of aryl methyl sites for hydroxylation is 2. The van der Waals surface area contributed by atoms with E-state index >= 15 is 0 Å². The Bertz CT molecular complexity index is 436. The van der Waals surface area contributed by atoms with Crippen LogP contribution in [0.25, 0.3) is 0 Å². The summed E-state index contributed by atoms with van der Waals surface area (Å²) in [6, 6.07) is 4.00. The molecular formula is C16H24O3. The number of carbonyl (C=O) groups excluding carboxylic acids is 1. The molecule has 106 valence electrons. The van der Waals surface area contributed by atoms with Crippen LogP contribution in [0.5, 0.6) is 5.75 Å². The molecular weight excluding hydrogens is 240 g/mol. The summed E-state index contributed by atoms with van der Waals surface area (Å²) in [6.07, 6.45) is 2.69. The van der Waals surface area contributed by atoms with Crippen LogP contribution in [0.1, 0.15) is 43.9 Å². The van der Waals surface area contributed by atoms with Crippen LogP contribution in [0.4, 0.5) is 0 Å². The summed E-state index contributed by atoms with van der Waals surface area (Å²) in [6.45, 7) is 6.29. The fraction of sp³-hybridized carbons (Fsp3) is 0.562.